The number of nitrogens with zero attached hydrogens (tertiary/aromatic N) is 5. The van der Waals surface area contributed by atoms with Crippen LogP contribution in [0.3, 0.4) is 0 Å². The van der Waals surface area contributed by atoms with Crippen molar-refractivity contribution in [3.8, 4) is 6.07 Å². The highest BCUT2D eigenvalue weighted by atomic mass is 16.3. The SMILES string of the molecule is Cc1ccc(N2CCC(Cc3c(C)nc(C)c(C(=O)N4CCN(c5ccccc5)[C@H](CO)C4)c3C)CC2)c(C#N)c1. The number of aliphatic hydroxyl groups excluding tert-OH is 1. The number of benzene rings is 2. The van der Waals surface area contributed by atoms with Gasteiger partial charge in [0.05, 0.1) is 35.2 Å². The lowest BCUT2D eigenvalue weighted by Crippen LogP contribution is -2.56. The molecule has 1 N–H and O–H groups in total. The van der Waals surface area contributed by atoms with E-state index in [0.717, 1.165) is 71.8 Å². The lowest BCUT2D eigenvalue weighted by molar-refractivity contribution is 0.0697. The minimum absolute atomic E-state index is 0.00875. The third-order valence-electron chi connectivity index (χ3n) is 8.96. The minimum atomic E-state index is -0.145. The van der Waals surface area contributed by atoms with Crippen LogP contribution in [-0.2, 0) is 6.42 Å². The summed E-state index contributed by atoms with van der Waals surface area (Å²) in [5.74, 6) is 0.512. The zero-order valence-corrected chi connectivity index (χ0v) is 24.7. The van der Waals surface area contributed by atoms with Crippen molar-refractivity contribution >= 4 is 17.3 Å². The van der Waals surface area contributed by atoms with Crippen molar-refractivity contribution in [2.75, 3.05) is 49.1 Å². The molecule has 1 aromatic heterocycles. The second-order valence-corrected chi connectivity index (χ2v) is 11.6. The molecular formula is C34H41N5O2. The Morgan fingerprint density at radius 1 is 1.00 bits per heavy atom. The molecule has 3 aromatic rings. The Labute approximate surface area is 244 Å². The van der Waals surface area contributed by atoms with E-state index in [1.807, 2.05) is 43.0 Å². The molecule has 2 aliphatic rings. The topological polar surface area (TPSA) is 83.7 Å². The molecule has 0 spiro atoms. The van der Waals surface area contributed by atoms with Crippen LogP contribution in [0.2, 0.25) is 0 Å². The number of aliphatic hydroxyl groups is 1. The lowest BCUT2D eigenvalue weighted by atomic mass is 9.86. The molecule has 1 amide bonds. The van der Waals surface area contributed by atoms with Gasteiger partial charge in [0.1, 0.15) is 6.07 Å². The van der Waals surface area contributed by atoms with Crippen molar-refractivity contribution in [1.82, 2.24) is 9.88 Å². The van der Waals surface area contributed by atoms with Crippen LogP contribution in [0.25, 0.3) is 0 Å². The van der Waals surface area contributed by atoms with Crippen LogP contribution in [0.15, 0.2) is 48.5 Å². The maximum atomic E-state index is 13.9. The molecule has 214 valence electrons. The molecular weight excluding hydrogens is 510 g/mol. The minimum Gasteiger partial charge on any atom is -0.394 e. The largest absolute Gasteiger partial charge is 0.394 e. The fourth-order valence-electron chi connectivity index (χ4n) is 6.68. The van der Waals surface area contributed by atoms with Gasteiger partial charge in [-0.3, -0.25) is 9.78 Å². The number of para-hydroxylation sites is 1. The van der Waals surface area contributed by atoms with Crippen LogP contribution >= 0.6 is 0 Å². The van der Waals surface area contributed by atoms with Gasteiger partial charge >= 0.3 is 0 Å². The van der Waals surface area contributed by atoms with Gasteiger partial charge in [0.2, 0.25) is 0 Å². The molecule has 7 nitrogen and oxygen atoms in total. The van der Waals surface area contributed by atoms with E-state index < -0.39 is 0 Å². The predicted molar refractivity (Wildman–Crippen MR) is 164 cm³/mol. The van der Waals surface area contributed by atoms with E-state index in [1.54, 1.807) is 0 Å². The number of carbonyl (C=O) groups excluding carboxylic acids is 1. The van der Waals surface area contributed by atoms with Crippen molar-refractivity contribution in [3.05, 3.63) is 87.7 Å². The number of amides is 1. The summed E-state index contributed by atoms with van der Waals surface area (Å²) >= 11 is 0. The monoisotopic (exact) mass is 551 g/mol. The smallest absolute Gasteiger partial charge is 0.256 e. The summed E-state index contributed by atoms with van der Waals surface area (Å²) in [6, 6.07) is 18.4. The number of piperidine rings is 1. The number of anilines is 2. The number of hydrogen-bond donors (Lipinski definition) is 1. The first kappa shape index (κ1) is 28.6. The van der Waals surface area contributed by atoms with Crippen LogP contribution in [0, 0.1) is 44.9 Å². The van der Waals surface area contributed by atoms with E-state index in [9.17, 15) is 15.2 Å². The molecule has 41 heavy (non-hydrogen) atoms. The van der Waals surface area contributed by atoms with Gasteiger partial charge in [0, 0.05) is 44.1 Å². The first-order valence-corrected chi connectivity index (χ1v) is 14.7. The molecule has 1 atom stereocenters. The zero-order valence-electron chi connectivity index (χ0n) is 24.7. The zero-order chi connectivity index (χ0) is 29.1. The van der Waals surface area contributed by atoms with Crippen molar-refractivity contribution in [2.24, 2.45) is 5.92 Å². The van der Waals surface area contributed by atoms with E-state index in [1.165, 1.54) is 5.56 Å². The number of pyridine rings is 1. The standard InChI is InChI=1S/C34H41N5O2/c1-23-10-11-32(28(18-23)20-35)37-14-12-27(13-15-37)19-31-24(2)33(26(4)36-25(31)3)34(41)38-16-17-39(30(21-38)22-40)29-8-6-5-7-9-29/h5-11,18,27,30,40H,12-17,19,21-22H2,1-4H3/t30-/m0/s1. The van der Waals surface area contributed by atoms with Crippen LogP contribution in [0.1, 0.15) is 56.8 Å². The van der Waals surface area contributed by atoms with Gasteiger partial charge in [-0.25, -0.2) is 0 Å². The molecule has 2 saturated heterocycles. The molecule has 3 heterocycles. The Kier molecular flexibility index (Phi) is 8.60. The fraction of sp³-hybridized carbons (Fsp3) is 0.441. The van der Waals surface area contributed by atoms with Crippen LogP contribution < -0.4 is 9.80 Å². The van der Waals surface area contributed by atoms with Gasteiger partial charge in [0.25, 0.3) is 5.91 Å². The second kappa shape index (κ2) is 12.3. The number of nitriles is 1. The summed E-state index contributed by atoms with van der Waals surface area (Å²) in [4.78, 5) is 25.2. The highest BCUT2D eigenvalue weighted by Crippen LogP contribution is 2.31. The van der Waals surface area contributed by atoms with Gasteiger partial charge in [-0.1, -0.05) is 24.3 Å². The van der Waals surface area contributed by atoms with Crippen molar-refractivity contribution in [3.63, 3.8) is 0 Å². The Morgan fingerprint density at radius 2 is 1.73 bits per heavy atom. The van der Waals surface area contributed by atoms with E-state index in [2.05, 4.69) is 54.0 Å². The third-order valence-corrected chi connectivity index (χ3v) is 8.96. The Hall–Kier alpha value is -3.89. The normalized spacial score (nSPS) is 18.0. The predicted octanol–water partition coefficient (Wildman–Crippen LogP) is 4.97. The van der Waals surface area contributed by atoms with E-state index >= 15 is 0 Å². The van der Waals surface area contributed by atoms with Crippen LogP contribution in [0.5, 0.6) is 0 Å². The third kappa shape index (κ3) is 5.94. The quantitative estimate of drug-likeness (QED) is 0.466. The van der Waals surface area contributed by atoms with Crippen molar-refractivity contribution < 1.29 is 9.90 Å². The maximum absolute atomic E-state index is 13.9. The van der Waals surface area contributed by atoms with E-state index in [4.69, 9.17) is 4.98 Å². The summed E-state index contributed by atoms with van der Waals surface area (Å²) < 4.78 is 0. The average molecular weight is 552 g/mol. The maximum Gasteiger partial charge on any atom is 0.256 e. The molecule has 0 bridgehead atoms. The summed E-state index contributed by atoms with van der Waals surface area (Å²) in [5, 5.41) is 19.8. The Morgan fingerprint density at radius 3 is 2.41 bits per heavy atom. The molecule has 0 radical (unpaired) electrons. The lowest BCUT2D eigenvalue weighted by Gasteiger charge is -2.42. The van der Waals surface area contributed by atoms with Gasteiger partial charge in [-0.2, -0.15) is 5.26 Å². The first-order chi connectivity index (χ1) is 19.8. The fourth-order valence-corrected chi connectivity index (χ4v) is 6.68. The highest BCUT2D eigenvalue weighted by Gasteiger charge is 2.32. The molecule has 0 unspecified atom stereocenters. The summed E-state index contributed by atoms with van der Waals surface area (Å²) in [6.07, 6.45) is 2.97. The number of piperazine rings is 1. The van der Waals surface area contributed by atoms with Crippen molar-refractivity contribution in [1.29, 1.82) is 5.26 Å². The van der Waals surface area contributed by atoms with E-state index in [-0.39, 0.29) is 18.6 Å². The molecule has 5 rings (SSSR count). The highest BCUT2D eigenvalue weighted by molar-refractivity contribution is 5.97. The summed E-state index contributed by atoms with van der Waals surface area (Å²) in [6.45, 7) is 11.7. The number of aryl methyl sites for hydroxylation is 3. The second-order valence-electron chi connectivity index (χ2n) is 11.6. The molecule has 0 aliphatic carbocycles. The van der Waals surface area contributed by atoms with Gasteiger partial charge in [-0.05, 0) is 93.8 Å². The van der Waals surface area contributed by atoms with Crippen LogP contribution in [-0.4, -0.2) is 66.3 Å². The molecule has 2 fully saturated rings. The summed E-state index contributed by atoms with van der Waals surface area (Å²) in [5.41, 5.74) is 8.67. The van der Waals surface area contributed by atoms with E-state index in [0.29, 0.717) is 31.1 Å². The molecule has 7 heteroatoms. The number of carbonyl (C=O) groups is 1. The molecule has 2 aliphatic heterocycles. The number of hydrogen-bond acceptors (Lipinski definition) is 6. The van der Waals surface area contributed by atoms with Gasteiger partial charge < -0.3 is 19.8 Å². The average Bonchev–Trinajstić information content (AvgIpc) is 2.99. The summed E-state index contributed by atoms with van der Waals surface area (Å²) in [7, 11) is 0. The van der Waals surface area contributed by atoms with Crippen molar-refractivity contribution in [2.45, 2.75) is 53.0 Å². The molecule has 2 aromatic carbocycles. The number of aromatic nitrogens is 1. The van der Waals surface area contributed by atoms with Crippen LogP contribution in [0.4, 0.5) is 11.4 Å². The molecule has 0 saturated carbocycles. The Balaban J connectivity index is 1.29. The first-order valence-electron chi connectivity index (χ1n) is 14.7. The Bertz CT molecular complexity index is 1440. The van der Waals surface area contributed by atoms with Gasteiger partial charge in [0.15, 0.2) is 0 Å². The van der Waals surface area contributed by atoms with Gasteiger partial charge in [-0.15, -0.1) is 0 Å². The number of rotatable bonds is 6.